The summed E-state index contributed by atoms with van der Waals surface area (Å²) in [5, 5.41) is 3.39. The summed E-state index contributed by atoms with van der Waals surface area (Å²) in [4.78, 5) is 5.92. The van der Waals surface area contributed by atoms with Crippen LogP contribution in [-0.4, -0.2) is 19.1 Å². The van der Waals surface area contributed by atoms with Gasteiger partial charge in [0.25, 0.3) is 0 Å². The third-order valence-electron chi connectivity index (χ3n) is 2.98. The number of hydrogen-bond acceptors (Lipinski definition) is 3. The molecule has 19 heavy (non-hydrogen) atoms. The van der Waals surface area contributed by atoms with E-state index in [4.69, 9.17) is 0 Å². The number of anilines is 2. The minimum Gasteiger partial charge on any atom is -0.377 e. The molecule has 0 saturated heterocycles. The Morgan fingerprint density at radius 3 is 2.63 bits per heavy atom. The summed E-state index contributed by atoms with van der Waals surface area (Å²) in [5.41, 5.74) is 2.94. The molecule has 2 rings (SSSR count). The summed E-state index contributed by atoms with van der Waals surface area (Å²) in [6, 6.07) is 9.52. The number of hydrogen-bond donors (Lipinski definition) is 1. The average molecular weight is 259 g/mol. The van der Waals surface area contributed by atoms with Gasteiger partial charge in [0.1, 0.15) is 5.82 Å². The predicted octanol–water partition coefficient (Wildman–Crippen LogP) is 3.46. The Labute approximate surface area is 113 Å². The lowest BCUT2D eigenvalue weighted by Gasteiger charge is -2.22. The molecule has 0 radical (unpaired) electrons. The molecule has 0 saturated carbocycles. The Balaban J connectivity index is 2.22. The molecule has 0 aliphatic rings. The largest absolute Gasteiger partial charge is 0.377 e. The lowest BCUT2D eigenvalue weighted by molar-refractivity contribution is 0.616. The number of aromatic nitrogens is 1. The number of rotatable bonds is 4. The van der Waals surface area contributed by atoms with Crippen molar-refractivity contribution in [2.75, 3.05) is 24.3 Å². The topological polar surface area (TPSA) is 28.2 Å². The molecule has 2 aromatic rings. The van der Waals surface area contributed by atoms with E-state index >= 15 is 0 Å². The van der Waals surface area contributed by atoms with E-state index in [2.05, 4.69) is 10.3 Å². The van der Waals surface area contributed by atoms with E-state index in [0.29, 0.717) is 0 Å². The van der Waals surface area contributed by atoms with Crippen molar-refractivity contribution in [2.24, 2.45) is 0 Å². The van der Waals surface area contributed by atoms with E-state index < -0.39 is 0 Å². The van der Waals surface area contributed by atoms with Crippen LogP contribution in [-0.2, 0) is 0 Å². The fraction of sp³-hybridized carbons (Fsp3) is 0.267. The van der Waals surface area contributed by atoms with Crippen molar-refractivity contribution in [3.05, 3.63) is 54.1 Å². The van der Waals surface area contributed by atoms with Gasteiger partial charge in [0.05, 0.1) is 23.6 Å². The van der Waals surface area contributed by atoms with Crippen LogP contribution < -0.4 is 10.2 Å². The maximum atomic E-state index is 13.2. The highest BCUT2D eigenvalue weighted by Gasteiger charge is 2.10. The molecule has 0 spiro atoms. The lowest BCUT2D eigenvalue weighted by atomic mass is 10.1. The predicted molar refractivity (Wildman–Crippen MR) is 77.0 cm³/mol. The molecule has 1 atom stereocenters. The maximum Gasteiger partial charge on any atom is 0.141 e. The van der Waals surface area contributed by atoms with Crippen LogP contribution in [0.15, 0.2) is 42.7 Å². The summed E-state index contributed by atoms with van der Waals surface area (Å²) in [7, 11) is 3.99. The molecule has 3 nitrogen and oxygen atoms in total. The Hall–Kier alpha value is -2.10. The van der Waals surface area contributed by atoms with Gasteiger partial charge in [0, 0.05) is 20.3 Å². The van der Waals surface area contributed by atoms with Gasteiger partial charge in [0.15, 0.2) is 0 Å². The van der Waals surface area contributed by atoms with Gasteiger partial charge in [-0.05, 0) is 30.7 Å². The van der Waals surface area contributed by atoms with Crippen LogP contribution >= 0.6 is 0 Å². The fourth-order valence-corrected chi connectivity index (χ4v) is 1.97. The summed E-state index contributed by atoms with van der Waals surface area (Å²) >= 11 is 0. The molecular formula is C15H18FN3. The zero-order chi connectivity index (χ0) is 13.8. The molecule has 0 aliphatic heterocycles. The number of halogens is 1. The first-order valence-corrected chi connectivity index (χ1v) is 6.21. The van der Waals surface area contributed by atoms with Gasteiger partial charge in [-0.25, -0.2) is 4.39 Å². The number of benzene rings is 1. The summed E-state index contributed by atoms with van der Waals surface area (Å²) in [6.07, 6.45) is 2.89. The van der Waals surface area contributed by atoms with Crippen molar-refractivity contribution >= 4 is 11.4 Å². The highest BCUT2D eigenvalue weighted by atomic mass is 19.1. The van der Waals surface area contributed by atoms with Crippen molar-refractivity contribution < 1.29 is 4.39 Å². The van der Waals surface area contributed by atoms with Crippen LogP contribution in [0.5, 0.6) is 0 Å². The second-order valence-electron chi connectivity index (χ2n) is 4.71. The fourth-order valence-electron chi connectivity index (χ4n) is 1.97. The van der Waals surface area contributed by atoms with Gasteiger partial charge in [-0.3, -0.25) is 4.98 Å². The first-order chi connectivity index (χ1) is 9.08. The van der Waals surface area contributed by atoms with Crippen molar-refractivity contribution in [3.8, 4) is 0 Å². The minimum absolute atomic E-state index is 0.00991. The van der Waals surface area contributed by atoms with Crippen molar-refractivity contribution in [1.82, 2.24) is 4.98 Å². The second kappa shape index (κ2) is 5.69. The zero-order valence-electron chi connectivity index (χ0n) is 11.4. The van der Waals surface area contributed by atoms with Crippen LogP contribution in [0.3, 0.4) is 0 Å². The van der Waals surface area contributed by atoms with Gasteiger partial charge in [-0.2, -0.15) is 0 Å². The van der Waals surface area contributed by atoms with Crippen molar-refractivity contribution in [3.63, 3.8) is 0 Å². The number of nitrogens with zero attached hydrogens (tertiary/aromatic N) is 2. The summed E-state index contributed by atoms with van der Waals surface area (Å²) in [5.74, 6) is -0.313. The van der Waals surface area contributed by atoms with Crippen LogP contribution in [0.2, 0.25) is 0 Å². The summed E-state index contributed by atoms with van der Waals surface area (Å²) in [6.45, 7) is 1.99. The Morgan fingerprint density at radius 2 is 1.95 bits per heavy atom. The van der Waals surface area contributed by atoms with Gasteiger partial charge < -0.3 is 10.2 Å². The van der Waals surface area contributed by atoms with E-state index in [1.54, 1.807) is 6.20 Å². The Bertz CT molecular complexity index is 555. The number of para-hydroxylation sites is 2. The van der Waals surface area contributed by atoms with Crippen LogP contribution in [0.4, 0.5) is 15.8 Å². The first-order valence-electron chi connectivity index (χ1n) is 6.21. The molecule has 0 fully saturated rings. The molecule has 0 amide bonds. The van der Waals surface area contributed by atoms with E-state index in [1.807, 2.05) is 50.2 Å². The quantitative estimate of drug-likeness (QED) is 0.911. The molecule has 1 aromatic heterocycles. The molecule has 0 bridgehead atoms. The highest BCUT2D eigenvalue weighted by molar-refractivity contribution is 5.69. The van der Waals surface area contributed by atoms with Crippen LogP contribution in [0.1, 0.15) is 18.5 Å². The number of nitrogens with one attached hydrogen (secondary N) is 1. The lowest BCUT2D eigenvalue weighted by Crippen LogP contribution is -2.14. The van der Waals surface area contributed by atoms with Gasteiger partial charge in [-0.1, -0.05) is 12.1 Å². The number of pyridine rings is 1. The maximum absolute atomic E-state index is 13.2. The second-order valence-corrected chi connectivity index (χ2v) is 4.71. The summed E-state index contributed by atoms with van der Waals surface area (Å²) < 4.78 is 13.2. The molecule has 1 unspecified atom stereocenters. The molecule has 1 aromatic carbocycles. The van der Waals surface area contributed by atoms with Gasteiger partial charge >= 0.3 is 0 Å². The standard InChI is InChI=1S/C15H18FN3/c1-11(12-8-13(16)10-17-9-12)18-14-6-4-5-7-15(14)19(2)3/h4-11,18H,1-3H3. The van der Waals surface area contributed by atoms with E-state index in [9.17, 15) is 4.39 Å². The minimum atomic E-state index is -0.313. The third-order valence-corrected chi connectivity index (χ3v) is 2.98. The van der Waals surface area contributed by atoms with E-state index in [1.165, 1.54) is 12.3 Å². The van der Waals surface area contributed by atoms with Crippen LogP contribution in [0.25, 0.3) is 0 Å². The molecule has 4 heteroatoms. The van der Waals surface area contributed by atoms with Crippen LogP contribution in [0, 0.1) is 5.82 Å². The zero-order valence-corrected chi connectivity index (χ0v) is 11.4. The third kappa shape index (κ3) is 3.22. The van der Waals surface area contributed by atoms with Crippen molar-refractivity contribution in [2.45, 2.75) is 13.0 Å². The van der Waals surface area contributed by atoms with E-state index in [0.717, 1.165) is 16.9 Å². The van der Waals surface area contributed by atoms with Gasteiger partial charge in [-0.15, -0.1) is 0 Å². The normalized spacial score (nSPS) is 12.0. The average Bonchev–Trinajstić information content (AvgIpc) is 2.39. The SMILES string of the molecule is CC(Nc1ccccc1N(C)C)c1cncc(F)c1. The smallest absolute Gasteiger partial charge is 0.141 e. The molecular weight excluding hydrogens is 241 g/mol. The van der Waals surface area contributed by atoms with E-state index in [-0.39, 0.29) is 11.9 Å². The Morgan fingerprint density at radius 1 is 1.21 bits per heavy atom. The highest BCUT2D eigenvalue weighted by Crippen LogP contribution is 2.27. The Kier molecular flexibility index (Phi) is 4.00. The van der Waals surface area contributed by atoms with Crippen molar-refractivity contribution in [1.29, 1.82) is 0 Å². The first kappa shape index (κ1) is 13.3. The monoisotopic (exact) mass is 259 g/mol. The molecule has 1 N–H and O–H groups in total. The molecule has 100 valence electrons. The molecule has 1 heterocycles. The molecule has 0 aliphatic carbocycles. The van der Waals surface area contributed by atoms with Gasteiger partial charge in [0.2, 0.25) is 0 Å².